The molecular weight excluding hydrogens is 333 g/mol. The van der Waals surface area contributed by atoms with Crippen molar-refractivity contribution in [3.05, 3.63) is 44.9 Å². The first-order chi connectivity index (χ1) is 10.0. The Morgan fingerprint density at radius 2 is 2.24 bits per heavy atom. The number of ether oxygens (including phenoxy) is 1. The highest BCUT2D eigenvalue weighted by Crippen LogP contribution is 2.32. The lowest BCUT2D eigenvalue weighted by Crippen LogP contribution is -2.24. The monoisotopic (exact) mass is 345 g/mol. The summed E-state index contributed by atoms with van der Waals surface area (Å²) in [6.45, 7) is 2.33. The van der Waals surface area contributed by atoms with Gasteiger partial charge in [0.15, 0.2) is 0 Å². The average Bonchev–Trinajstić information content (AvgIpc) is 2.74. The van der Waals surface area contributed by atoms with Crippen molar-refractivity contribution in [1.82, 2.24) is 4.90 Å². The van der Waals surface area contributed by atoms with E-state index in [0.717, 1.165) is 5.56 Å². The molecule has 7 heteroatoms. The highest BCUT2D eigenvalue weighted by Gasteiger charge is 2.28. The van der Waals surface area contributed by atoms with Crippen LogP contribution in [0.5, 0.6) is 0 Å². The minimum absolute atomic E-state index is 0.0680. The standard InChI is InChI=1S/C14H13Cl2NO3S/c1-2-20-14(19)6-13-17(12(18)8-21-13)7-9-3-4-10(15)5-11(9)16/h3-6H,2,7-8H2,1H3/b13-6-. The summed E-state index contributed by atoms with van der Waals surface area (Å²) >= 11 is 13.3. The van der Waals surface area contributed by atoms with Crippen LogP contribution in [-0.2, 0) is 20.9 Å². The predicted octanol–water partition coefficient (Wildman–Crippen LogP) is 3.47. The third-order valence-corrected chi connectivity index (χ3v) is 4.39. The van der Waals surface area contributed by atoms with Gasteiger partial charge in [0.2, 0.25) is 5.91 Å². The Morgan fingerprint density at radius 3 is 2.90 bits per heavy atom. The van der Waals surface area contributed by atoms with Gasteiger partial charge in [-0.1, -0.05) is 41.0 Å². The number of thioether (sulfide) groups is 1. The number of benzene rings is 1. The Balaban J connectivity index is 2.19. The van der Waals surface area contributed by atoms with Crippen molar-refractivity contribution >= 4 is 46.8 Å². The minimum atomic E-state index is -0.457. The molecule has 0 atom stereocenters. The fraction of sp³-hybridized carbons (Fsp3) is 0.286. The molecule has 4 nitrogen and oxygen atoms in total. The molecule has 0 N–H and O–H groups in total. The smallest absolute Gasteiger partial charge is 0.333 e. The second-order valence-corrected chi connectivity index (χ2v) is 6.08. The minimum Gasteiger partial charge on any atom is -0.463 e. The Morgan fingerprint density at radius 1 is 1.48 bits per heavy atom. The SMILES string of the molecule is CCOC(=O)/C=C1\SCC(=O)N1Cc1ccc(Cl)cc1Cl. The van der Waals surface area contributed by atoms with Crippen LogP contribution < -0.4 is 0 Å². The Hall–Kier alpha value is -1.17. The lowest BCUT2D eigenvalue weighted by atomic mass is 10.2. The molecule has 1 heterocycles. The molecule has 0 spiro atoms. The molecule has 112 valence electrons. The molecule has 1 aromatic carbocycles. The van der Waals surface area contributed by atoms with Gasteiger partial charge in [0, 0.05) is 10.0 Å². The third-order valence-electron chi connectivity index (χ3n) is 2.78. The van der Waals surface area contributed by atoms with E-state index in [4.69, 9.17) is 27.9 Å². The molecule has 0 unspecified atom stereocenters. The van der Waals surface area contributed by atoms with Crippen molar-refractivity contribution in [3.63, 3.8) is 0 Å². The fourth-order valence-electron chi connectivity index (χ4n) is 1.81. The topological polar surface area (TPSA) is 46.6 Å². The van der Waals surface area contributed by atoms with E-state index in [1.807, 2.05) is 0 Å². The van der Waals surface area contributed by atoms with Gasteiger partial charge in [-0.05, 0) is 24.6 Å². The van der Waals surface area contributed by atoms with E-state index in [2.05, 4.69) is 0 Å². The molecule has 1 aliphatic heterocycles. The lowest BCUT2D eigenvalue weighted by molar-refractivity contribution is -0.137. The van der Waals surface area contributed by atoms with Gasteiger partial charge in [0.05, 0.1) is 30.0 Å². The zero-order valence-corrected chi connectivity index (χ0v) is 13.6. The van der Waals surface area contributed by atoms with Crippen LogP contribution in [0.4, 0.5) is 0 Å². The van der Waals surface area contributed by atoms with Gasteiger partial charge in [-0.3, -0.25) is 4.79 Å². The van der Waals surface area contributed by atoms with E-state index in [-0.39, 0.29) is 5.91 Å². The Bertz CT molecular complexity index is 604. The van der Waals surface area contributed by atoms with Crippen molar-refractivity contribution in [1.29, 1.82) is 0 Å². The first-order valence-electron chi connectivity index (χ1n) is 6.26. The van der Waals surface area contributed by atoms with Crippen LogP contribution in [0.2, 0.25) is 10.0 Å². The summed E-state index contributed by atoms with van der Waals surface area (Å²) in [5.41, 5.74) is 0.770. The van der Waals surface area contributed by atoms with Crippen LogP contribution in [0.15, 0.2) is 29.3 Å². The van der Waals surface area contributed by atoms with Crippen LogP contribution in [-0.4, -0.2) is 29.1 Å². The highest BCUT2D eigenvalue weighted by atomic mass is 35.5. The van der Waals surface area contributed by atoms with Crippen LogP contribution in [0.3, 0.4) is 0 Å². The summed E-state index contributed by atoms with van der Waals surface area (Å²) < 4.78 is 4.87. The van der Waals surface area contributed by atoms with Gasteiger partial charge in [0.1, 0.15) is 0 Å². The quantitative estimate of drug-likeness (QED) is 0.619. The average molecular weight is 346 g/mol. The van der Waals surface area contributed by atoms with E-state index in [0.29, 0.717) is 34.0 Å². The van der Waals surface area contributed by atoms with Crippen molar-refractivity contribution in [2.24, 2.45) is 0 Å². The second kappa shape index (κ2) is 7.20. The summed E-state index contributed by atoms with van der Waals surface area (Å²) in [7, 11) is 0. The van der Waals surface area contributed by atoms with Crippen LogP contribution in [0.1, 0.15) is 12.5 Å². The van der Waals surface area contributed by atoms with Crippen molar-refractivity contribution < 1.29 is 14.3 Å². The fourth-order valence-corrected chi connectivity index (χ4v) is 3.20. The number of nitrogens with zero attached hydrogens (tertiary/aromatic N) is 1. The molecule has 0 radical (unpaired) electrons. The summed E-state index contributed by atoms with van der Waals surface area (Å²) in [6, 6.07) is 5.11. The molecular formula is C14H13Cl2NO3S. The molecule has 2 rings (SSSR count). The summed E-state index contributed by atoms with van der Waals surface area (Å²) in [5, 5.41) is 1.60. The van der Waals surface area contributed by atoms with E-state index in [1.54, 1.807) is 25.1 Å². The molecule has 0 aromatic heterocycles. The largest absolute Gasteiger partial charge is 0.463 e. The number of halogens is 2. The molecule has 1 amide bonds. The normalized spacial score (nSPS) is 16.6. The summed E-state index contributed by atoms with van der Waals surface area (Å²) in [6.07, 6.45) is 1.34. The molecule has 0 saturated carbocycles. The number of amides is 1. The molecule has 1 fully saturated rings. The molecule has 1 saturated heterocycles. The van der Waals surface area contributed by atoms with Gasteiger partial charge >= 0.3 is 5.97 Å². The summed E-state index contributed by atoms with van der Waals surface area (Å²) in [5.74, 6) is -0.223. The first-order valence-corrected chi connectivity index (χ1v) is 8.01. The number of rotatable bonds is 4. The summed E-state index contributed by atoms with van der Waals surface area (Å²) in [4.78, 5) is 25.0. The first kappa shape index (κ1) is 16.2. The van der Waals surface area contributed by atoms with Crippen molar-refractivity contribution in [2.45, 2.75) is 13.5 Å². The second-order valence-electron chi connectivity index (χ2n) is 4.24. The molecule has 21 heavy (non-hydrogen) atoms. The Labute approximate surface area is 137 Å². The number of hydrogen-bond donors (Lipinski definition) is 0. The van der Waals surface area contributed by atoms with E-state index >= 15 is 0 Å². The number of esters is 1. The molecule has 0 aliphatic carbocycles. The predicted molar refractivity (Wildman–Crippen MR) is 84.2 cm³/mol. The third kappa shape index (κ3) is 4.15. The zero-order chi connectivity index (χ0) is 15.4. The maximum Gasteiger partial charge on any atom is 0.333 e. The molecule has 0 bridgehead atoms. The van der Waals surface area contributed by atoms with Crippen LogP contribution in [0.25, 0.3) is 0 Å². The van der Waals surface area contributed by atoms with E-state index < -0.39 is 5.97 Å². The van der Waals surface area contributed by atoms with Gasteiger partial charge in [0.25, 0.3) is 0 Å². The Kier molecular flexibility index (Phi) is 5.56. The molecule has 1 aromatic rings. The maximum absolute atomic E-state index is 11.9. The van der Waals surface area contributed by atoms with Crippen molar-refractivity contribution in [2.75, 3.05) is 12.4 Å². The number of carbonyl (C=O) groups excluding carboxylic acids is 2. The van der Waals surface area contributed by atoms with Gasteiger partial charge in [-0.15, -0.1) is 0 Å². The van der Waals surface area contributed by atoms with Gasteiger partial charge in [-0.25, -0.2) is 4.79 Å². The van der Waals surface area contributed by atoms with Gasteiger partial charge in [-0.2, -0.15) is 0 Å². The van der Waals surface area contributed by atoms with E-state index in [1.165, 1.54) is 22.7 Å². The van der Waals surface area contributed by atoms with Crippen LogP contribution >= 0.6 is 35.0 Å². The highest BCUT2D eigenvalue weighted by molar-refractivity contribution is 8.04. The molecule has 1 aliphatic rings. The lowest BCUT2D eigenvalue weighted by Gasteiger charge is -2.18. The maximum atomic E-state index is 11.9. The van der Waals surface area contributed by atoms with Gasteiger partial charge < -0.3 is 9.64 Å². The van der Waals surface area contributed by atoms with Crippen LogP contribution in [0, 0.1) is 0 Å². The number of carbonyl (C=O) groups is 2. The zero-order valence-electron chi connectivity index (χ0n) is 11.3. The van der Waals surface area contributed by atoms with Crippen molar-refractivity contribution in [3.8, 4) is 0 Å². The van der Waals surface area contributed by atoms with E-state index in [9.17, 15) is 9.59 Å². The number of hydrogen-bond acceptors (Lipinski definition) is 4.